The summed E-state index contributed by atoms with van der Waals surface area (Å²) in [6, 6.07) is 8.60. The molecule has 3 heteroatoms. The summed E-state index contributed by atoms with van der Waals surface area (Å²) < 4.78 is 5.48. The number of nitrogens with two attached hydrogens (primary N) is 1. The highest BCUT2D eigenvalue weighted by molar-refractivity contribution is 5.53. The fourth-order valence-electron chi connectivity index (χ4n) is 2.55. The van der Waals surface area contributed by atoms with E-state index in [1.54, 1.807) is 0 Å². The fraction of sp³-hybridized carbons (Fsp3) is 0.600. The molecule has 18 heavy (non-hydrogen) atoms. The summed E-state index contributed by atoms with van der Waals surface area (Å²) in [5, 5.41) is 0. The van der Waals surface area contributed by atoms with Crippen molar-refractivity contribution in [3.8, 4) is 0 Å². The average Bonchev–Trinajstić information content (AvgIpc) is 2.88. The number of anilines is 1. The number of hydrogen-bond acceptors (Lipinski definition) is 3. The van der Waals surface area contributed by atoms with Gasteiger partial charge in [0.05, 0.1) is 6.61 Å². The quantitative estimate of drug-likeness (QED) is 0.838. The summed E-state index contributed by atoms with van der Waals surface area (Å²) in [4.78, 5) is 2.47. The van der Waals surface area contributed by atoms with E-state index >= 15 is 0 Å². The highest BCUT2D eigenvalue weighted by atomic mass is 16.5. The molecule has 2 N–H and O–H groups in total. The average molecular weight is 248 g/mol. The topological polar surface area (TPSA) is 38.5 Å². The summed E-state index contributed by atoms with van der Waals surface area (Å²) in [5.74, 6) is 0.669. The first-order chi connectivity index (χ1) is 8.81. The summed E-state index contributed by atoms with van der Waals surface area (Å²) in [6.45, 7) is 6.89. The molecule has 1 aliphatic rings. The molecule has 0 radical (unpaired) electrons. The second-order valence-electron chi connectivity index (χ2n) is 5.10. The van der Waals surface area contributed by atoms with Crippen LogP contribution in [0.5, 0.6) is 0 Å². The SMILES string of the molecule is Cc1ccccc1N(CCCN)CC1CCOC1. The molecule has 0 saturated carbocycles. The van der Waals surface area contributed by atoms with Crippen LogP contribution in [0.15, 0.2) is 24.3 Å². The second kappa shape index (κ2) is 6.76. The van der Waals surface area contributed by atoms with Crippen molar-refractivity contribution in [1.29, 1.82) is 0 Å². The van der Waals surface area contributed by atoms with Gasteiger partial charge in [-0.3, -0.25) is 0 Å². The molecule has 1 saturated heterocycles. The highest BCUT2D eigenvalue weighted by Gasteiger charge is 2.19. The van der Waals surface area contributed by atoms with Crippen molar-refractivity contribution in [3.63, 3.8) is 0 Å². The van der Waals surface area contributed by atoms with E-state index in [4.69, 9.17) is 10.5 Å². The van der Waals surface area contributed by atoms with E-state index in [0.717, 1.165) is 39.3 Å². The molecule has 1 aromatic carbocycles. The van der Waals surface area contributed by atoms with Crippen molar-refractivity contribution in [1.82, 2.24) is 0 Å². The Kier molecular flexibility index (Phi) is 5.02. The molecule has 1 heterocycles. The lowest BCUT2D eigenvalue weighted by Crippen LogP contribution is -2.32. The molecule has 3 nitrogen and oxygen atoms in total. The van der Waals surface area contributed by atoms with Gasteiger partial charge in [0, 0.05) is 31.3 Å². The summed E-state index contributed by atoms with van der Waals surface area (Å²) in [7, 11) is 0. The van der Waals surface area contributed by atoms with Gasteiger partial charge in [-0.15, -0.1) is 0 Å². The minimum absolute atomic E-state index is 0.669. The molecule has 1 atom stereocenters. The number of hydrogen-bond donors (Lipinski definition) is 1. The van der Waals surface area contributed by atoms with Crippen LogP contribution in [0, 0.1) is 12.8 Å². The predicted octanol–water partition coefficient (Wildman–Crippen LogP) is 2.19. The van der Waals surface area contributed by atoms with Crippen molar-refractivity contribution in [2.75, 3.05) is 37.7 Å². The first kappa shape index (κ1) is 13.4. The smallest absolute Gasteiger partial charge is 0.0512 e. The Morgan fingerprint density at radius 3 is 2.89 bits per heavy atom. The van der Waals surface area contributed by atoms with Gasteiger partial charge in [-0.2, -0.15) is 0 Å². The Hall–Kier alpha value is -1.06. The third-order valence-electron chi connectivity index (χ3n) is 3.59. The summed E-state index contributed by atoms with van der Waals surface area (Å²) in [6.07, 6.45) is 2.23. The van der Waals surface area contributed by atoms with Gasteiger partial charge >= 0.3 is 0 Å². The first-order valence-corrected chi connectivity index (χ1v) is 6.89. The number of nitrogens with zero attached hydrogens (tertiary/aromatic N) is 1. The predicted molar refractivity (Wildman–Crippen MR) is 76.0 cm³/mol. The Balaban J connectivity index is 2.06. The molecule has 0 aliphatic carbocycles. The molecule has 1 unspecified atom stereocenters. The molecule has 0 spiro atoms. The number of para-hydroxylation sites is 1. The summed E-state index contributed by atoms with van der Waals surface area (Å²) >= 11 is 0. The van der Waals surface area contributed by atoms with Crippen LogP contribution in [-0.4, -0.2) is 32.8 Å². The molecule has 2 rings (SSSR count). The third-order valence-corrected chi connectivity index (χ3v) is 3.59. The molecule has 0 aromatic heterocycles. The van der Waals surface area contributed by atoms with Gasteiger partial charge < -0.3 is 15.4 Å². The van der Waals surface area contributed by atoms with E-state index in [9.17, 15) is 0 Å². The van der Waals surface area contributed by atoms with E-state index in [-0.39, 0.29) is 0 Å². The lowest BCUT2D eigenvalue weighted by atomic mass is 10.1. The number of ether oxygens (including phenoxy) is 1. The summed E-state index contributed by atoms with van der Waals surface area (Å²) in [5.41, 5.74) is 8.34. The molecular weight excluding hydrogens is 224 g/mol. The molecule has 1 fully saturated rings. The van der Waals surface area contributed by atoms with Gasteiger partial charge in [-0.25, -0.2) is 0 Å². The fourth-order valence-corrected chi connectivity index (χ4v) is 2.55. The minimum Gasteiger partial charge on any atom is -0.381 e. The van der Waals surface area contributed by atoms with E-state index < -0.39 is 0 Å². The molecule has 0 bridgehead atoms. The van der Waals surface area contributed by atoms with Gasteiger partial charge in [0.2, 0.25) is 0 Å². The van der Waals surface area contributed by atoms with Crippen LogP contribution in [0.3, 0.4) is 0 Å². The molecule has 0 amide bonds. The van der Waals surface area contributed by atoms with Crippen LogP contribution in [0.2, 0.25) is 0 Å². The molecular formula is C15H24N2O. The van der Waals surface area contributed by atoms with Gasteiger partial charge in [0.25, 0.3) is 0 Å². The maximum Gasteiger partial charge on any atom is 0.0512 e. The normalized spacial score (nSPS) is 19.1. The molecule has 1 aromatic rings. The Morgan fingerprint density at radius 2 is 2.22 bits per heavy atom. The van der Waals surface area contributed by atoms with Crippen molar-refractivity contribution >= 4 is 5.69 Å². The van der Waals surface area contributed by atoms with Crippen molar-refractivity contribution in [2.45, 2.75) is 19.8 Å². The molecule has 100 valence electrons. The minimum atomic E-state index is 0.669. The Labute approximate surface area is 110 Å². The van der Waals surface area contributed by atoms with Crippen molar-refractivity contribution < 1.29 is 4.74 Å². The zero-order chi connectivity index (χ0) is 12.8. The number of aryl methyl sites for hydroxylation is 1. The standard InChI is InChI=1S/C15H24N2O/c1-13-5-2-3-6-15(13)17(9-4-8-16)11-14-7-10-18-12-14/h2-3,5-6,14H,4,7-12,16H2,1H3. The molecule has 1 aliphatic heterocycles. The zero-order valence-corrected chi connectivity index (χ0v) is 11.3. The Morgan fingerprint density at radius 1 is 1.39 bits per heavy atom. The Bertz CT molecular complexity index is 361. The maximum absolute atomic E-state index is 5.65. The van der Waals surface area contributed by atoms with E-state index in [1.165, 1.54) is 17.7 Å². The van der Waals surface area contributed by atoms with Crippen LogP contribution < -0.4 is 10.6 Å². The number of benzene rings is 1. The third kappa shape index (κ3) is 3.47. The number of rotatable bonds is 6. The van der Waals surface area contributed by atoms with E-state index in [0.29, 0.717) is 5.92 Å². The van der Waals surface area contributed by atoms with Crippen LogP contribution in [-0.2, 0) is 4.74 Å². The van der Waals surface area contributed by atoms with E-state index in [1.807, 2.05) is 0 Å². The van der Waals surface area contributed by atoms with Gasteiger partial charge in [0.1, 0.15) is 0 Å². The first-order valence-electron chi connectivity index (χ1n) is 6.89. The highest BCUT2D eigenvalue weighted by Crippen LogP contribution is 2.23. The van der Waals surface area contributed by atoms with Crippen molar-refractivity contribution in [2.24, 2.45) is 11.7 Å². The van der Waals surface area contributed by atoms with Gasteiger partial charge in [-0.1, -0.05) is 18.2 Å². The van der Waals surface area contributed by atoms with Crippen molar-refractivity contribution in [3.05, 3.63) is 29.8 Å². The lowest BCUT2D eigenvalue weighted by Gasteiger charge is -2.28. The van der Waals surface area contributed by atoms with Crippen LogP contribution in [0.4, 0.5) is 5.69 Å². The van der Waals surface area contributed by atoms with Crippen LogP contribution in [0.25, 0.3) is 0 Å². The van der Waals surface area contributed by atoms with Crippen LogP contribution in [0.1, 0.15) is 18.4 Å². The van der Waals surface area contributed by atoms with Gasteiger partial charge in [0.15, 0.2) is 0 Å². The van der Waals surface area contributed by atoms with Crippen LogP contribution >= 0.6 is 0 Å². The zero-order valence-electron chi connectivity index (χ0n) is 11.3. The lowest BCUT2D eigenvalue weighted by molar-refractivity contribution is 0.186. The maximum atomic E-state index is 5.65. The van der Waals surface area contributed by atoms with E-state index in [2.05, 4.69) is 36.1 Å². The largest absolute Gasteiger partial charge is 0.381 e. The van der Waals surface area contributed by atoms with Gasteiger partial charge in [-0.05, 0) is 37.9 Å². The monoisotopic (exact) mass is 248 g/mol. The second-order valence-corrected chi connectivity index (χ2v) is 5.10.